The molecule has 0 radical (unpaired) electrons. The average molecular weight is 749 g/mol. The fourth-order valence-corrected chi connectivity index (χ4v) is 9.42. The third kappa shape index (κ3) is 6.70. The molecule has 8 rings (SSSR count). The minimum Gasteiger partial charge on any atom is -0.444 e. The Balaban J connectivity index is 1.07. The summed E-state index contributed by atoms with van der Waals surface area (Å²) in [5.41, 5.74) is -0.440. The Morgan fingerprint density at radius 3 is 2.34 bits per heavy atom. The maximum absolute atomic E-state index is 14.6. The second kappa shape index (κ2) is 13.6. The van der Waals surface area contributed by atoms with E-state index in [-0.39, 0.29) is 30.8 Å². The molecule has 15 nitrogen and oxygen atoms in total. The lowest BCUT2D eigenvalue weighted by atomic mass is 10.0. The number of rotatable bonds is 7. The molecule has 3 N–H and O–H groups in total. The summed E-state index contributed by atoms with van der Waals surface area (Å²) in [6.45, 7) is 1.86. The van der Waals surface area contributed by atoms with E-state index in [1.165, 1.54) is 4.90 Å². The zero-order chi connectivity index (χ0) is 37.1. The van der Waals surface area contributed by atoms with Gasteiger partial charge in [0.2, 0.25) is 21.8 Å². The van der Waals surface area contributed by atoms with E-state index in [1.807, 2.05) is 41.3 Å². The Hall–Kier alpha value is -4.73. The number of carbonyl (C=O) groups is 4. The van der Waals surface area contributed by atoms with Crippen LogP contribution >= 0.6 is 0 Å². The van der Waals surface area contributed by atoms with Crippen LogP contribution < -0.4 is 31.1 Å². The molecule has 4 heterocycles. The number of nitrogens with zero attached hydrogens (tertiary/aromatic N) is 3. The minimum absolute atomic E-state index is 0.0610. The first-order chi connectivity index (χ1) is 25.4. The molecule has 282 valence electrons. The second-order valence-corrected chi connectivity index (χ2v) is 17.3. The molecule has 2 saturated carbocycles. The third-order valence-electron chi connectivity index (χ3n) is 11.6. The van der Waals surface area contributed by atoms with E-state index in [9.17, 15) is 37.2 Å². The number of nitrogens with one attached hydrogen (secondary N) is 3. The van der Waals surface area contributed by atoms with E-state index in [1.54, 1.807) is 4.90 Å². The summed E-state index contributed by atoms with van der Waals surface area (Å²) in [7, 11) is -3.91. The van der Waals surface area contributed by atoms with Crippen LogP contribution in [-0.2, 0) is 42.2 Å². The fraction of sp³-hybridized carbons (Fsp3) is 0.568. The van der Waals surface area contributed by atoms with Crippen molar-refractivity contribution in [3.8, 4) is 0 Å². The largest absolute Gasteiger partial charge is 0.444 e. The lowest BCUT2D eigenvalue weighted by Crippen LogP contribution is -2.58. The Bertz CT molecular complexity index is 2030. The predicted molar refractivity (Wildman–Crippen MR) is 193 cm³/mol. The van der Waals surface area contributed by atoms with Crippen LogP contribution in [-0.4, -0.2) is 90.6 Å². The smallest absolute Gasteiger partial charge is 0.410 e. The van der Waals surface area contributed by atoms with Gasteiger partial charge in [-0.2, -0.15) is 0 Å². The van der Waals surface area contributed by atoms with Crippen molar-refractivity contribution in [3.05, 3.63) is 68.0 Å². The molecule has 4 amide bonds. The summed E-state index contributed by atoms with van der Waals surface area (Å²) in [5, 5.41) is 5.27. The molecule has 0 aromatic heterocycles. The van der Waals surface area contributed by atoms with E-state index < -0.39 is 79.6 Å². The van der Waals surface area contributed by atoms with E-state index in [0.29, 0.717) is 58.3 Å². The number of anilines is 2. The molecule has 0 bridgehead atoms. The van der Waals surface area contributed by atoms with Gasteiger partial charge in [-0.05, 0) is 56.1 Å². The van der Waals surface area contributed by atoms with Crippen molar-refractivity contribution >= 4 is 45.2 Å². The molecular weight excluding hydrogens is 705 g/mol. The number of benzene rings is 1. The molecule has 6 aliphatic rings. The summed E-state index contributed by atoms with van der Waals surface area (Å²) >= 11 is 0. The zero-order valence-electron chi connectivity index (χ0n) is 29.4. The Morgan fingerprint density at radius 1 is 0.925 bits per heavy atom. The number of hydrogen-bond donors (Lipinski definition) is 3. The molecule has 4 aliphatic heterocycles. The molecular formula is C37H44N6O9S. The van der Waals surface area contributed by atoms with E-state index in [0.717, 1.165) is 30.4 Å². The first kappa shape index (κ1) is 35.3. The van der Waals surface area contributed by atoms with Gasteiger partial charge in [0.1, 0.15) is 35.1 Å². The van der Waals surface area contributed by atoms with Crippen LogP contribution in [0.3, 0.4) is 0 Å². The molecule has 4 fully saturated rings. The van der Waals surface area contributed by atoms with Crippen LogP contribution in [0, 0.1) is 5.92 Å². The molecule has 2 saturated heterocycles. The van der Waals surface area contributed by atoms with Gasteiger partial charge >= 0.3 is 6.09 Å². The standard InChI is InChI=1S/C37H44N6O9S/c44-31-29(30(32(31)45)41-15-8-16-41)38-27-12-5-3-1-2-4-11-24-18-37(24,35(48)40-53(50,51)26-13-14-26)39-33(46)28-17-25(21-43(28)34(27)47)52-36(49)42-19-22-9-6-7-10-23(22)20-42/h4,6-7,9-11,24-28,38H,1-3,5,8,12-21H2,(H,39,46)(H,40,48)/t24-,25-,27+,28+,37-/m1/s1. The van der Waals surface area contributed by atoms with E-state index >= 15 is 0 Å². The molecule has 16 heteroatoms. The molecule has 2 aromatic rings. The maximum Gasteiger partial charge on any atom is 0.410 e. The average Bonchev–Trinajstić information content (AvgIpc) is 4.00. The summed E-state index contributed by atoms with van der Waals surface area (Å²) in [6.07, 6.45) is 7.35. The van der Waals surface area contributed by atoms with Crippen molar-refractivity contribution < 1.29 is 32.3 Å². The summed E-state index contributed by atoms with van der Waals surface area (Å²) < 4.78 is 33.7. The number of allylic oxidation sites excluding steroid dienone is 1. The highest BCUT2D eigenvalue weighted by atomic mass is 32.2. The minimum atomic E-state index is -3.91. The molecule has 2 aliphatic carbocycles. The second-order valence-electron chi connectivity index (χ2n) is 15.3. The molecule has 0 unspecified atom stereocenters. The number of carbonyl (C=O) groups excluding carboxylic acids is 4. The van der Waals surface area contributed by atoms with Crippen molar-refractivity contribution in [2.24, 2.45) is 5.92 Å². The highest BCUT2D eigenvalue weighted by molar-refractivity contribution is 7.91. The fourth-order valence-electron chi connectivity index (χ4n) is 8.06. The molecule has 53 heavy (non-hydrogen) atoms. The highest BCUT2D eigenvalue weighted by Crippen LogP contribution is 2.46. The van der Waals surface area contributed by atoms with Gasteiger partial charge in [-0.3, -0.25) is 33.6 Å². The van der Waals surface area contributed by atoms with Crippen LogP contribution in [0.25, 0.3) is 0 Å². The molecule has 0 spiro atoms. The van der Waals surface area contributed by atoms with Gasteiger partial charge in [0.25, 0.3) is 16.8 Å². The van der Waals surface area contributed by atoms with Gasteiger partial charge < -0.3 is 25.2 Å². The van der Waals surface area contributed by atoms with Crippen molar-refractivity contribution in [2.75, 3.05) is 29.9 Å². The SMILES string of the molecule is O=C1N[C@]2(C(=O)NS(=O)(=O)C3CC3)C[C@H]2C=CCCCCC[C@H](Nc2c(N3CCC3)c(=O)c2=O)C(=O)N2C[C@H](OC(=O)N3Cc4ccccc4C3)C[C@@H]12. The monoisotopic (exact) mass is 748 g/mol. The number of hydrogen-bond acceptors (Lipinski definition) is 11. The Labute approximate surface area is 306 Å². The van der Waals surface area contributed by atoms with Gasteiger partial charge in [-0.1, -0.05) is 49.3 Å². The van der Waals surface area contributed by atoms with Gasteiger partial charge in [-0.25, -0.2) is 13.2 Å². The third-order valence-corrected chi connectivity index (χ3v) is 13.4. The number of fused-ring (bicyclic) bond motifs is 3. The van der Waals surface area contributed by atoms with Crippen LogP contribution in [0.4, 0.5) is 16.2 Å². The lowest BCUT2D eigenvalue weighted by molar-refractivity contribution is -0.140. The van der Waals surface area contributed by atoms with Crippen molar-refractivity contribution in [1.29, 1.82) is 0 Å². The lowest BCUT2D eigenvalue weighted by Gasteiger charge is -2.36. The van der Waals surface area contributed by atoms with Crippen molar-refractivity contribution in [1.82, 2.24) is 19.8 Å². The molecule has 5 atom stereocenters. The zero-order valence-corrected chi connectivity index (χ0v) is 30.2. The van der Waals surface area contributed by atoms with Crippen LogP contribution in [0.1, 0.15) is 75.3 Å². The van der Waals surface area contributed by atoms with Gasteiger partial charge in [0, 0.05) is 38.5 Å². The van der Waals surface area contributed by atoms with E-state index in [2.05, 4.69) is 15.4 Å². The summed E-state index contributed by atoms with van der Waals surface area (Å²) in [4.78, 5) is 86.1. The number of sulfonamides is 1. The van der Waals surface area contributed by atoms with Gasteiger partial charge in [0.05, 0.1) is 11.8 Å². The van der Waals surface area contributed by atoms with Crippen LogP contribution in [0.5, 0.6) is 0 Å². The number of ether oxygens (including phenoxy) is 1. The van der Waals surface area contributed by atoms with Crippen molar-refractivity contribution in [2.45, 2.75) is 106 Å². The highest BCUT2D eigenvalue weighted by Gasteiger charge is 2.62. The predicted octanol–water partition coefficient (Wildman–Crippen LogP) is 1.40. The molecule has 2 aromatic carbocycles. The number of amides is 4. The summed E-state index contributed by atoms with van der Waals surface area (Å²) in [6, 6.07) is 5.53. The maximum atomic E-state index is 14.6. The quantitative estimate of drug-likeness (QED) is 0.274. The Morgan fingerprint density at radius 2 is 1.66 bits per heavy atom. The van der Waals surface area contributed by atoms with Gasteiger partial charge in [-0.15, -0.1) is 0 Å². The Kier molecular flexibility index (Phi) is 9.06. The van der Waals surface area contributed by atoms with Gasteiger partial charge in [0.15, 0.2) is 0 Å². The van der Waals surface area contributed by atoms with Crippen LogP contribution in [0.2, 0.25) is 0 Å². The first-order valence-electron chi connectivity index (χ1n) is 18.7. The normalized spacial score (nSPS) is 28.9. The van der Waals surface area contributed by atoms with E-state index in [4.69, 9.17) is 4.74 Å². The first-order valence-corrected chi connectivity index (χ1v) is 20.2. The van der Waals surface area contributed by atoms with Crippen LogP contribution in [0.15, 0.2) is 46.0 Å². The topological polar surface area (TPSA) is 192 Å². The van der Waals surface area contributed by atoms with Crippen molar-refractivity contribution in [3.63, 3.8) is 0 Å². The summed E-state index contributed by atoms with van der Waals surface area (Å²) in [5.74, 6) is -2.45.